The van der Waals surface area contributed by atoms with Crippen molar-refractivity contribution in [1.29, 1.82) is 0 Å². The van der Waals surface area contributed by atoms with Crippen LogP contribution in [0.3, 0.4) is 0 Å². The van der Waals surface area contributed by atoms with Gasteiger partial charge < -0.3 is 9.52 Å². The molecular weight excluding hydrogens is 328 g/mol. The molecule has 0 fully saturated rings. The van der Waals surface area contributed by atoms with E-state index in [1.807, 2.05) is 60.7 Å². The number of aromatic hydroxyl groups is 1. The summed E-state index contributed by atoms with van der Waals surface area (Å²) in [4.78, 5) is 12.3. The number of hydrogen-bond donors (Lipinski definition) is 2. The van der Waals surface area contributed by atoms with E-state index in [2.05, 4.69) is 10.5 Å². The van der Waals surface area contributed by atoms with Crippen LogP contribution in [0.5, 0.6) is 5.75 Å². The molecule has 0 bridgehead atoms. The maximum absolute atomic E-state index is 12.3. The van der Waals surface area contributed by atoms with E-state index in [1.165, 1.54) is 6.07 Å². The zero-order valence-electron chi connectivity index (χ0n) is 14.5. The standard InChI is InChI=1S/C21H20N2O3/c1-15-14-19(24)20(21(25)26-15)18(13-12-16-8-4-2-5-9-16)23-22-17-10-6-3-7-11-17/h2-11,14,22,24H,12-13H2,1H3/b23-18+. The van der Waals surface area contributed by atoms with Gasteiger partial charge in [0, 0.05) is 6.07 Å². The number of hydrazone groups is 1. The predicted molar refractivity (Wildman–Crippen MR) is 103 cm³/mol. The predicted octanol–water partition coefficient (Wildman–Crippen LogP) is 4.10. The van der Waals surface area contributed by atoms with Crippen molar-refractivity contribution in [2.75, 3.05) is 5.43 Å². The Morgan fingerprint density at radius 1 is 1.08 bits per heavy atom. The van der Waals surface area contributed by atoms with Gasteiger partial charge in [0.15, 0.2) is 0 Å². The van der Waals surface area contributed by atoms with E-state index in [9.17, 15) is 9.90 Å². The van der Waals surface area contributed by atoms with E-state index in [0.29, 0.717) is 24.3 Å². The SMILES string of the molecule is Cc1cc(O)c(/C(CCc2ccccc2)=N/Nc2ccccc2)c(=O)o1. The van der Waals surface area contributed by atoms with Gasteiger partial charge in [-0.05, 0) is 37.5 Å². The molecule has 0 aliphatic carbocycles. The number of nitrogens with one attached hydrogen (secondary N) is 1. The Balaban J connectivity index is 1.92. The van der Waals surface area contributed by atoms with Crippen LogP contribution in [0.2, 0.25) is 0 Å². The van der Waals surface area contributed by atoms with Crippen LogP contribution in [-0.4, -0.2) is 10.8 Å². The van der Waals surface area contributed by atoms with Crippen LogP contribution in [-0.2, 0) is 6.42 Å². The van der Waals surface area contributed by atoms with Crippen molar-refractivity contribution in [3.63, 3.8) is 0 Å². The molecule has 0 radical (unpaired) electrons. The number of benzene rings is 2. The number of hydrogen-bond acceptors (Lipinski definition) is 5. The molecule has 2 aromatic carbocycles. The van der Waals surface area contributed by atoms with Crippen LogP contribution >= 0.6 is 0 Å². The third-order valence-corrected chi connectivity index (χ3v) is 3.93. The van der Waals surface area contributed by atoms with Crippen LogP contribution in [0.15, 0.2) is 81.0 Å². The Bertz CT molecular complexity index is 948. The molecule has 2 N–H and O–H groups in total. The van der Waals surface area contributed by atoms with E-state index in [0.717, 1.165) is 11.3 Å². The summed E-state index contributed by atoms with van der Waals surface area (Å²) in [5.41, 5.74) is 4.81. The first kappa shape index (κ1) is 17.5. The van der Waals surface area contributed by atoms with Gasteiger partial charge in [0.25, 0.3) is 0 Å². The molecule has 3 rings (SSSR count). The largest absolute Gasteiger partial charge is 0.507 e. The molecule has 5 nitrogen and oxygen atoms in total. The minimum absolute atomic E-state index is 0.0926. The molecule has 1 aromatic heterocycles. The maximum atomic E-state index is 12.3. The Hall–Kier alpha value is -3.34. The second-order valence-corrected chi connectivity index (χ2v) is 5.93. The summed E-state index contributed by atoms with van der Waals surface area (Å²) in [7, 11) is 0. The quantitative estimate of drug-likeness (QED) is 0.519. The first-order valence-corrected chi connectivity index (χ1v) is 8.39. The monoisotopic (exact) mass is 348 g/mol. The summed E-state index contributed by atoms with van der Waals surface area (Å²) in [5.74, 6) is 0.232. The molecule has 3 aromatic rings. The van der Waals surface area contributed by atoms with Crippen molar-refractivity contribution in [1.82, 2.24) is 0 Å². The van der Waals surface area contributed by atoms with Crippen LogP contribution in [0, 0.1) is 6.92 Å². The minimum Gasteiger partial charge on any atom is -0.507 e. The highest BCUT2D eigenvalue weighted by Crippen LogP contribution is 2.19. The Morgan fingerprint density at radius 2 is 1.73 bits per heavy atom. The maximum Gasteiger partial charge on any atom is 0.348 e. The summed E-state index contributed by atoms with van der Waals surface area (Å²) < 4.78 is 5.15. The van der Waals surface area contributed by atoms with Gasteiger partial charge in [0.2, 0.25) is 0 Å². The van der Waals surface area contributed by atoms with Gasteiger partial charge in [-0.15, -0.1) is 0 Å². The van der Waals surface area contributed by atoms with E-state index in [4.69, 9.17) is 4.42 Å². The van der Waals surface area contributed by atoms with Gasteiger partial charge in [-0.3, -0.25) is 5.43 Å². The third kappa shape index (κ3) is 4.39. The van der Waals surface area contributed by atoms with Crippen LogP contribution in [0.1, 0.15) is 23.3 Å². The number of rotatable bonds is 6. The van der Waals surface area contributed by atoms with E-state index < -0.39 is 5.63 Å². The first-order valence-electron chi connectivity index (χ1n) is 8.39. The topological polar surface area (TPSA) is 74.8 Å². The molecule has 0 spiro atoms. The highest BCUT2D eigenvalue weighted by Gasteiger charge is 2.17. The molecule has 132 valence electrons. The van der Waals surface area contributed by atoms with Crippen LogP contribution in [0.25, 0.3) is 0 Å². The number of nitrogens with zero attached hydrogens (tertiary/aromatic N) is 1. The van der Waals surface area contributed by atoms with Crippen molar-refractivity contribution in [3.05, 3.63) is 94.0 Å². The fourth-order valence-electron chi connectivity index (χ4n) is 2.65. The molecule has 0 atom stereocenters. The van der Waals surface area contributed by atoms with E-state index in [-0.39, 0.29) is 11.3 Å². The molecule has 0 amide bonds. The first-order chi connectivity index (χ1) is 12.6. The lowest BCUT2D eigenvalue weighted by atomic mass is 10.0. The zero-order chi connectivity index (χ0) is 18.4. The van der Waals surface area contributed by atoms with E-state index in [1.54, 1.807) is 6.92 Å². The number of para-hydroxylation sites is 1. The molecule has 26 heavy (non-hydrogen) atoms. The fraction of sp³-hybridized carbons (Fsp3) is 0.143. The van der Waals surface area contributed by atoms with Crippen LogP contribution < -0.4 is 11.1 Å². The van der Waals surface area contributed by atoms with Gasteiger partial charge in [0.05, 0.1) is 11.4 Å². The fourth-order valence-corrected chi connectivity index (χ4v) is 2.65. The molecule has 5 heteroatoms. The molecule has 1 heterocycles. The molecule has 0 unspecified atom stereocenters. The second-order valence-electron chi connectivity index (χ2n) is 5.93. The molecule has 0 saturated carbocycles. The van der Waals surface area contributed by atoms with Gasteiger partial charge in [-0.1, -0.05) is 48.5 Å². The lowest BCUT2D eigenvalue weighted by Crippen LogP contribution is -2.17. The van der Waals surface area contributed by atoms with Gasteiger partial charge >= 0.3 is 5.63 Å². The Labute approximate surface area is 151 Å². The molecule has 0 saturated heterocycles. The number of aryl methyl sites for hydroxylation is 2. The van der Waals surface area contributed by atoms with Crippen molar-refractivity contribution in [2.24, 2.45) is 5.10 Å². The molecular formula is C21H20N2O3. The van der Waals surface area contributed by atoms with Crippen molar-refractivity contribution in [2.45, 2.75) is 19.8 Å². The second kappa shape index (κ2) is 8.16. The van der Waals surface area contributed by atoms with Gasteiger partial charge in [-0.2, -0.15) is 5.10 Å². The summed E-state index contributed by atoms with van der Waals surface area (Å²) in [6.07, 6.45) is 1.16. The van der Waals surface area contributed by atoms with E-state index >= 15 is 0 Å². The Morgan fingerprint density at radius 3 is 2.38 bits per heavy atom. The zero-order valence-corrected chi connectivity index (χ0v) is 14.5. The summed E-state index contributed by atoms with van der Waals surface area (Å²) >= 11 is 0. The van der Waals surface area contributed by atoms with Crippen molar-refractivity contribution >= 4 is 11.4 Å². The van der Waals surface area contributed by atoms with Crippen LogP contribution in [0.4, 0.5) is 5.69 Å². The highest BCUT2D eigenvalue weighted by atomic mass is 16.4. The van der Waals surface area contributed by atoms with Crippen molar-refractivity contribution < 1.29 is 9.52 Å². The Kier molecular flexibility index (Phi) is 5.49. The smallest absolute Gasteiger partial charge is 0.348 e. The van der Waals surface area contributed by atoms with Gasteiger partial charge in [-0.25, -0.2) is 4.79 Å². The lowest BCUT2D eigenvalue weighted by Gasteiger charge is -2.09. The highest BCUT2D eigenvalue weighted by molar-refractivity contribution is 6.02. The molecule has 0 aliphatic heterocycles. The summed E-state index contributed by atoms with van der Waals surface area (Å²) in [6.45, 7) is 1.62. The third-order valence-electron chi connectivity index (χ3n) is 3.93. The average molecular weight is 348 g/mol. The lowest BCUT2D eigenvalue weighted by molar-refractivity contribution is 0.432. The summed E-state index contributed by atoms with van der Waals surface area (Å²) in [5, 5.41) is 14.6. The normalized spacial score (nSPS) is 11.3. The minimum atomic E-state index is -0.593. The van der Waals surface area contributed by atoms with Gasteiger partial charge in [0.1, 0.15) is 17.1 Å². The average Bonchev–Trinajstić information content (AvgIpc) is 2.64. The molecule has 0 aliphatic rings. The number of anilines is 1. The van der Waals surface area contributed by atoms with Crippen molar-refractivity contribution in [3.8, 4) is 5.75 Å². The summed E-state index contributed by atoms with van der Waals surface area (Å²) in [6, 6.07) is 20.8.